The van der Waals surface area contributed by atoms with Crippen molar-refractivity contribution in [3.63, 3.8) is 0 Å². The summed E-state index contributed by atoms with van der Waals surface area (Å²) >= 11 is 0. The Morgan fingerprint density at radius 1 is 0.500 bits per heavy atom. The van der Waals surface area contributed by atoms with E-state index in [-0.39, 0.29) is 0 Å². The van der Waals surface area contributed by atoms with Crippen LogP contribution in [0.3, 0.4) is 0 Å². The molecule has 0 aliphatic heterocycles. The van der Waals surface area contributed by atoms with E-state index in [9.17, 15) is 5.26 Å². The fourth-order valence-electron chi connectivity index (χ4n) is 7.76. The predicted octanol–water partition coefficient (Wildman–Crippen LogP) is 12.3. The van der Waals surface area contributed by atoms with Gasteiger partial charge in [-0.25, -0.2) is 4.85 Å². The number of rotatable bonds is 4. The van der Waals surface area contributed by atoms with Gasteiger partial charge in [-0.3, -0.25) is 0 Å². The first-order valence-corrected chi connectivity index (χ1v) is 16.7. The molecular formula is C46H30N4. The first-order chi connectivity index (χ1) is 24.6. The van der Waals surface area contributed by atoms with Gasteiger partial charge in [0.25, 0.3) is 0 Å². The number of aromatic nitrogens is 2. The second-order valence-electron chi connectivity index (χ2n) is 12.9. The van der Waals surface area contributed by atoms with E-state index in [1.165, 1.54) is 21.5 Å². The minimum absolute atomic E-state index is 0.521. The van der Waals surface area contributed by atoms with Crippen molar-refractivity contribution in [1.29, 1.82) is 5.26 Å². The van der Waals surface area contributed by atoms with E-state index in [1.807, 2.05) is 12.1 Å². The van der Waals surface area contributed by atoms with Gasteiger partial charge in [0.2, 0.25) is 0 Å². The standard InChI is InChI=1S/C46H30N4/c1-29-24-31(20-22-41(29)49-43-16-8-4-12-34(43)35-13-5-9-17-44(35)49)38-27-40(48-3)39(26-33(38)28-47)32-21-23-42(30(2)25-32)50-45-18-10-6-14-36(45)37-15-7-11-19-46(37)50/h4-27H,1-2H3. The lowest BCUT2D eigenvalue weighted by atomic mass is 9.92. The number of benzene rings is 7. The molecular weight excluding hydrogens is 609 g/mol. The molecule has 0 atom stereocenters. The Balaban J connectivity index is 1.14. The molecule has 0 unspecified atom stereocenters. The molecule has 9 rings (SSSR count). The van der Waals surface area contributed by atoms with Gasteiger partial charge in [0.05, 0.1) is 40.3 Å². The molecule has 50 heavy (non-hydrogen) atoms. The van der Waals surface area contributed by atoms with Crippen LogP contribution in [0.4, 0.5) is 5.69 Å². The second-order valence-corrected chi connectivity index (χ2v) is 12.9. The third kappa shape index (κ3) is 4.37. The second kappa shape index (κ2) is 11.4. The molecule has 0 saturated carbocycles. The molecule has 0 spiro atoms. The molecule has 4 nitrogen and oxygen atoms in total. The van der Waals surface area contributed by atoms with Gasteiger partial charge in [-0.1, -0.05) is 91.0 Å². The summed E-state index contributed by atoms with van der Waals surface area (Å²) in [6, 6.07) is 52.8. The topological polar surface area (TPSA) is 38.0 Å². The van der Waals surface area contributed by atoms with E-state index < -0.39 is 0 Å². The maximum atomic E-state index is 10.4. The van der Waals surface area contributed by atoms with Crippen LogP contribution >= 0.6 is 0 Å². The number of hydrogen-bond acceptors (Lipinski definition) is 1. The van der Waals surface area contributed by atoms with Crippen molar-refractivity contribution in [1.82, 2.24) is 9.13 Å². The van der Waals surface area contributed by atoms with E-state index in [1.54, 1.807) is 0 Å². The number of fused-ring (bicyclic) bond motifs is 6. The largest absolute Gasteiger partial charge is 0.309 e. The molecule has 0 saturated heterocycles. The van der Waals surface area contributed by atoms with Crippen molar-refractivity contribution >= 4 is 49.3 Å². The van der Waals surface area contributed by atoms with Gasteiger partial charge >= 0.3 is 0 Å². The fourth-order valence-corrected chi connectivity index (χ4v) is 7.76. The van der Waals surface area contributed by atoms with Crippen LogP contribution in [-0.2, 0) is 0 Å². The van der Waals surface area contributed by atoms with Gasteiger partial charge in [0.1, 0.15) is 0 Å². The summed E-state index contributed by atoms with van der Waals surface area (Å²) in [5, 5.41) is 15.3. The van der Waals surface area contributed by atoms with Crippen LogP contribution in [0, 0.1) is 31.8 Å². The Labute approximate surface area is 290 Å². The molecule has 2 heterocycles. The maximum Gasteiger partial charge on any atom is 0.195 e. The number of nitrogens with zero attached hydrogens (tertiary/aromatic N) is 4. The van der Waals surface area contributed by atoms with Crippen LogP contribution in [0.15, 0.2) is 146 Å². The normalized spacial score (nSPS) is 11.4. The van der Waals surface area contributed by atoms with Crippen LogP contribution in [-0.4, -0.2) is 9.13 Å². The highest BCUT2D eigenvalue weighted by Crippen LogP contribution is 2.41. The zero-order valence-electron chi connectivity index (χ0n) is 27.6. The lowest BCUT2D eigenvalue weighted by Gasteiger charge is -2.16. The number of nitriles is 1. The summed E-state index contributed by atoms with van der Waals surface area (Å²) in [4.78, 5) is 3.97. The first-order valence-electron chi connectivity index (χ1n) is 16.7. The Bertz CT molecular complexity index is 2620. The minimum Gasteiger partial charge on any atom is -0.309 e. The van der Waals surface area contributed by atoms with Crippen LogP contribution in [0.2, 0.25) is 0 Å². The average Bonchev–Trinajstić information content (AvgIpc) is 3.67. The lowest BCUT2D eigenvalue weighted by Crippen LogP contribution is -1.98. The summed E-state index contributed by atoms with van der Waals surface area (Å²) in [5.41, 5.74) is 13.4. The van der Waals surface area contributed by atoms with E-state index in [0.717, 1.165) is 66.8 Å². The fraction of sp³-hybridized carbons (Fsp3) is 0.0435. The molecule has 9 aromatic rings. The van der Waals surface area contributed by atoms with Gasteiger partial charge in [-0.2, -0.15) is 5.26 Å². The Morgan fingerprint density at radius 2 is 0.900 bits per heavy atom. The first kappa shape index (κ1) is 29.3. The summed E-state index contributed by atoms with van der Waals surface area (Å²) in [6.07, 6.45) is 0. The monoisotopic (exact) mass is 638 g/mol. The quantitative estimate of drug-likeness (QED) is 0.177. The zero-order valence-corrected chi connectivity index (χ0v) is 27.6. The number of para-hydroxylation sites is 4. The molecule has 0 fully saturated rings. The minimum atomic E-state index is 0.521. The van der Waals surface area contributed by atoms with E-state index >= 15 is 0 Å². The molecule has 7 aromatic carbocycles. The van der Waals surface area contributed by atoms with E-state index in [0.29, 0.717) is 11.3 Å². The van der Waals surface area contributed by atoms with Crippen molar-refractivity contribution in [3.8, 4) is 39.7 Å². The Kier molecular flexibility index (Phi) is 6.66. The SMILES string of the molecule is [C-]#[N+]c1cc(-c2ccc(-n3c4ccccc4c4ccccc43)c(C)c2)c(C#N)cc1-c1ccc(-n2c3ccccc3c3ccccc32)c(C)c1. The number of aryl methyl sites for hydroxylation is 2. The summed E-state index contributed by atoms with van der Waals surface area (Å²) in [6.45, 7) is 12.4. The van der Waals surface area contributed by atoms with Crippen LogP contribution < -0.4 is 0 Å². The van der Waals surface area contributed by atoms with Crippen LogP contribution in [0.5, 0.6) is 0 Å². The third-order valence-electron chi connectivity index (χ3n) is 10.0. The van der Waals surface area contributed by atoms with Crippen LogP contribution in [0.1, 0.15) is 16.7 Å². The molecule has 0 amide bonds. The van der Waals surface area contributed by atoms with Gasteiger partial charge < -0.3 is 9.13 Å². The highest BCUT2D eigenvalue weighted by Gasteiger charge is 2.18. The van der Waals surface area contributed by atoms with Gasteiger partial charge in [0, 0.05) is 32.9 Å². The average molecular weight is 639 g/mol. The molecule has 0 radical (unpaired) electrons. The Hall–Kier alpha value is -6.88. The van der Waals surface area contributed by atoms with Crippen molar-refractivity contribution in [2.45, 2.75) is 13.8 Å². The van der Waals surface area contributed by atoms with Crippen molar-refractivity contribution in [3.05, 3.63) is 174 Å². The van der Waals surface area contributed by atoms with Crippen LogP contribution in [0.25, 0.3) is 82.1 Å². The maximum absolute atomic E-state index is 10.4. The highest BCUT2D eigenvalue weighted by atomic mass is 15.0. The molecule has 0 aliphatic carbocycles. The Morgan fingerprint density at radius 3 is 1.28 bits per heavy atom. The summed E-state index contributed by atoms with van der Waals surface area (Å²) in [5.74, 6) is 0. The zero-order chi connectivity index (χ0) is 33.9. The van der Waals surface area contributed by atoms with Gasteiger partial charge in [-0.05, 0) is 102 Å². The molecule has 0 bridgehead atoms. The predicted molar refractivity (Wildman–Crippen MR) is 206 cm³/mol. The molecule has 0 aliphatic rings. The lowest BCUT2D eigenvalue weighted by molar-refractivity contribution is 1.15. The molecule has 234 valence electrons. The third-order valence-corrected chi connectivity index (χ3v) is 10.0. The smallest absolute Gasteiger partial charge is 0.195 e. The van der Waals surface area contributed by atoms with Crippen molar-refractivity contribution in [2.24, 2.45) is 0 Å². The van der Waals surface area contributed by atoms with Gasteiger partial charge in [0.15, 0.2) is 5.69 Å². The van der Waals surface area contributed by atoms with Gasteiger partial charge in [-0.15, -0.1) is 0 Å². The van der Waals surface area contributed by atoms with Crippen molar-refractivity contribution < 1.29 is 0 Å². The molecule has 4 heteroatoms. The highest BCUT2D eigenvalue weighted by molar-refractivity contribution is 6.10. The van der Waals surface area contributed by atoms with Crippen molar-refractivity contribution in [2.75, 3.05) is 0 Å². The molecule has 2 aromatic heterocycles. The summed E-state index contributed by atoms with van der Waals surface area (Å²) in [7, 11) is 0. The molecule has 0 N–H and O–H groups in total. The summed E-state index contributed by atoms with van der Waals surface area (Å²) < 4.78 is 4.63. The van der Waals surface area contributed by atoms with E-state index in [4.69, 9.17) is 6.57 Å². The number of hydrogen-bond donors (Lipinski definition) is 0. The van der Waals surface area contributed by atoms with E-state index in [2.05, 4.69) is 167 Å².